The van der Waals surface area contributed by atoms with Gasteiger partial charge in [0.2, 0.25) is 29.5 Å². The first-order valence-corrected chi connectivity index (χ1v) is 9.39. The maximum atomic E-state index is 12.4. The molecule has 0 spiro atoms. The number of imidazole rings is 1. The summed E-state index contributed by atoms with van der Waals surface area (Å²) in [5.41, 5.74) is 16.4. The first kappa shape index (κ1) is 26.0. The number of carboxylic acid groups (broad SMARTS) is 1. The highest BCUT2D eigenvalue weighted by atomic mass is 16.4. The second-order valence-corrected chi connectivity index (χ2v) is 6.80. The topological polar surface area (TPSA) is 265 Å². The third kappa shape index (κ3) is 9.66. The fraction of sp³-hybridized carbons (Fsp3) is 0.471. The number of nitrogens with two attached hydrogens (primary N) is 3. The van der Waals surface area contributed by atoms with Crippen LogP contribution < -0.4 is 33.2 Å². The highest BCUT2D eigenvalue weighted by Gasteiger charge is 2.28. The molecule has 32 heavy (non-hydrogen) atoms. The van der Waals surface area contributed by atoms with Crippen LogP contribution in [0.25, 0.3) is 0 Å². The summed E-state index contributed by atoms with van der Waals surface area (Å²) in [4.78, 5) is 76.4. The third-order valence-electron chi connectivity index (χ3n) is 4.11. The summed E-state index contributed by atoms with van der Waals surface area (Å²) in [6, 6.07) is -3.97. The van der Waals surface area contributed by atoms with E-state index in [0.717, 1.165) is 0 Å². The Morgan fingerprint density at radius 1 is 1.03 bits per heavy atom. The minimum absolute atomic E-state index is 0.141. The molecule has 0 aliphatic rings. The van der Waals surface area contributed by atoms with Gasteiger partial charge in [0.1, 0.15) is 12.1 Å². The van der Waals surface area contributed by atoms with E-state index in [1.54, 1.807) is 0 Å². The zero-order chi connectivity index (χ0) is 24.3. The summed E-state index contributed by atoms with van der Waals surface area (Å²) in [7, 11) is 0. The fourth-order valence-corrected chi connectivity index (χ4v) is 2.50. The van der Waals surface area contributed by atoms with Gasteiger partial charge in [-0.15, -0.1) is 0 Å². The second kappa shape index (κ2) is 12.6. The van der Waals surface area contributed by atoms with Crippen molar-refractivity contribution in [3.8, 4) is 0 Å². The van der Waals surface area contributed by atoms with Crippen molar-refractivity contribution in [3.63, 3.8) is 0 Å². The second-order valence-electron chi connectivity index (χ2n) is 6.80. The van der Waals surface area contributed by atoms with E-state index in [9.17, 15) is 28.8 Å². The minimum atomic E-state index is -1.51. The van der Waals surface area contributed by atoms with Crippen LogP contribution >= 0.6 is 0 Å². The number of aromatic amines is 1. The summed E-state index contributed by atoms with van der Waals surface area (Å²) in [5, 5.41) is 15.7. The number of carbonyl (C=O) groups excluding carboxylic acids is 5. The van der Waals surface area contributed by atoms with E-state index in [4.69, 9.17) is 22.3 Å². The van der Waals surface area contributed by atoms with Crippen molar-refractivity contribution in [2.75, 3.05) is 6.54 Å². The molecular weight excluding hydrogens is 428 g/mol. The van der Waals surface area contributed by atoms with Gasteiger partial charge in [0.25, 0.3) is 0 Å². The number of carboxylic acids is 1. The number of H-pyrrole nitrogens is 1. The Hall–Kier alpha value is -4.01. The molecule has 11 N–H and O–H groups in total. The maximum absolute atomic E-state index is 12.4. The van der Waals surface area contributed by atoms with Crippen LogP contribution in [0.1, 0.15) is 25.0 Å². The van der Waals surface area contributed by atoms with Crippen LogP contribution in [-0.4, -0.2) is 75.2 Å². The molecule has 0 saturated heterocycles. The van der Waals surface area contributed by atoms with Crippen molar-refractivity contribution in [1.29, 1.82) is 0 Å². The van der Waals surface area contributed by atoms with Crippen LogP contribution in [0.2, 0.25) is 0 Å². The standard InChI is InChI=1S/C17H26N8O7/c18-9(3-8-5-21-7-23-8)15(29)22-6-14(28)24-11(4-13(20)27)16(30)25-10(17(31)32)1-2-12(19)26/h5,7,9-11H,1-4,6,18H2,(H2,19,26)(H2,20,27)(H,21,23)(H,22,29)(H,24,28)(H,25,30)(H,31,32). The molecule has 15 heteroatoms. The molecule has 3 atom stereocenters. The summed E-state index contributed by atoms with van der Waals surface area (Å²) < 4.78 is 0. The molecule has 0 aliphatic heterocycles. The Morgan fingerprint density at radius 3 is 2.25 bits per heavy atom. The largest absolute Gasteiger partial charge is 0.480 e. The van der Waals surface area contributed by atoms with E-state index in [-0.39, 0.29) is 19.3 Å². The van der Waals surface area contributed by atoms with Crippen molar-refractivity contribution in [2.45, 2.75) is 43.8 Å². The fourth-order valence-electron chi connectivity index (χ4n) is 2.50. The van der Waals surface area contributed by atoms with E-state index >= 15 is 0 Å². The molecule has 0 aromatic carbocycles. The van der Waals surface area contributed by atoms with Crippen LogP contribution in [0.3, 0.4) is 0 Å². The van der Waals surface area contributed by atoms with Crippen LogP contribution in [0, 0.1) is 0 Å². The van der Waals surface area contributed by atoms with Gasteiger partial charge >= 0.3 is 5.97 Å². The predicted molar refractivity (Wildman–Crippen MR) is 107 cm³/mol. The van der Waals surface area contributed by atoms with E-state index < -0.39 is 66.6 Å². The lowest BCUT2D eigenvalue weighted by Crippen LogP contribution is -2.54. The van der Waals surface area contributed by atoms with E-state index in [0.29, 0.717) is 5.69 Å². The van der Waals surface area contributed by atoms with Gasteiger partial charge in [-0.2, -0.15) is 0 Å². The van der Waals surface area contributed by atoms with Crippen LogP contribution in [0.4, 0.5) is 0 Å². The van der Waals surface area contributed by atoms with Crippen molar-refractivity contribution in [2.24, 2.45) is 17.2 Å². The Labute approximate surface area is 181 Å². The van der Waals surface area contributed by atoms with Gasteiger partial charge in [-0.1, -0.05) is 0 Å². The number of amides is 5. The normalized spacial score (nSPS) is 13.3. The molecule has 0 fully saturated rings. The summed E-state index contributed by atoms with van der Waals surface area (Å²) >= 11 is 0. The number of rotatable bonds is 14. The zero-order valence-corrected chi connectivity index (χ0v) is 17.0. The van der Waals surface area contributed by atoms with Crippen LogP contribution in [-0.2, 0) is 35.2 Å². The lowest BCUT2D eigenvalue weighted by Gasteiger charge is -2.20. The van der Waals surface area contributed by atoms with Gasteiger partial charge < -0.3 is 43.2 Å². The van der Waals surface area contributed by atoms with Crippen molar-refractivity contribution in [1.82, 2.24) is 25.9 Å². The molecule has 176 valence electrons. The van der Waals surface area contributed by atoms with E-state index in [1.165, 1.54) is 12.5 Å². The molecular formula is C17H26N8O7. The average molecular weight is 454 g/mol. The Morgan fingerprint density at radius 2 is 1.72 bits per heavy atom. The van der Waals surface area contributed by atoms with Gasteiger partial charge in [-0.3, -0.25) is 24.0 Å². The molecule has 1 aromatic heterocycles. The van der Waals surface area contributed by atoms with Gasteiger partial charge in [0, 0.05) is 24.7 Å². The number of aliphatic carboxylic acids is 1. The van der Waals surface area contributed by atoms with Gasteiger partial charge in [-0.25, -0.2) is 9.78 Å². The SMILES string of the molecule is NC(=O)CCC(NC(=O)C(CC(N)=O)NC(=O)CNC(=O)C(N)Cc1cnc[nH]1)C(=O)O. The molecule has 5 amide bonds. The molecule has 0 bridgehead atoms. The first-order valence-electron chi connectivity index (χ1n) is 9.39. The number of nitrogens with zero attached hydrogens (tertiary/aromatic N) is 1. The van der Waals surface area contributed by atoms with Gasteiger partial charge in [0.05, 0.1) is 25.3 Å². The highest BCUT2D eigenvalue weighted by Crippen LogP contribution is 2.01. The summed E-state index contributed by atoms with van der Waals surface area (Å²) in [6.45, 7) is -0.567. The summed E-state index contributed by atoms with van der Waals surface area (Å²) in [5.74, 6) is -5.67. The predicted octanol–water partition coefficient (Wildman–Crippen LogP) is -4.41. The van der Waals surface area contributed by atoms with Crippen molar-refractivity contribution < 1.29 is 33.9 Å². The number of hydrogen-bond acceptors (Lipinski definition) is 8. The lowest BCUT2D eigenvalue weighted by atomic mass is 10.1. The average Bonchev–Trinajstić information content (AvgIpc) is 3.20. The monoisotopic (exact) mass is 454 g/mol. The Kier molecular flexibility index (Phi) is 10.3. The number of primary amides is 2. The third-order valence-corrected chi connectivity index (χ3v) is 4.11. The molecule has 0 saturated carbocycles. The molecule has 0 radical (unpaired) electrons. The Balaban J connectivity index is 2.64. The Bertz CT molecular complexity index is 842. The number of aromatic nitrogens is 2. The first-order chi connectivity index (χ1) is 15.0. The quantitative estimate of drug-likeness (QED) is 0.135. The minimum Gasteiger partial charge on any atom is -0.480 e. The van der Waals surface area contributed by atoms with Crippen LogP contribution in [0.15, 0.2) is 12.5 Å². The summed E-state index contributed by atoms with van der Waals surface area (Å²) in [6.07, 6.45) is 1.81. The number of carbonyl (C=O) groups is 6. The van der Waals surface area contributed by atoms with E-state index in [2.05, 4.69) is 25.9 Å². The lowest BCUT2D eigenvalue weighted by molar-refractivity contribution is -0.142. The molecule has 15 nitrogen and oxygen atoms in total. The molecule has 1 heterocycles. The molecule has 3 unspecified atom stereocenters. The van der Waals surface area contributed by atoms with E-state index in [1.807, 2.05) is 0 Å². The van der Waals surface area contributed by atoms with Gasteiger partial charge in [0.15, 0.2) is 0 Å². The van der Waals surface area contributed by atoms with Crippen LogP contribution in [0.5, 0.6) is 0 Å². The number of nitrogens with one attached hydrogen (secondary N) is 4. The number of hydrogen-bond donors (Lipinski definition) is 8. The molecule has 1 rings (SSSR count). The molecule has 0 aliphatic carbocycles. The highest BCUT2D eigenvalue weighted by molar-refractivity contribution is 5.95. The maximum Gasteiger partial charge on any atom is 0.326 e. The van der Waals surface area contributed by atoms with Crippen molar-refractivity contribution in [3.05, 3.63) is 18.2 Å². The smallest absolute Gasteiger partial charge is 0.326 e. The van der Waals surface area contributed by atoms with Crippen molar-refractivity contribution >= 4 is 35.5 Å². The van der Waals surface area contributed by atoms with Gasteiger partial charge in [-0.05, 0) is 6.42 Å². The molecule has 1 aromatic rings. The zero-order valence-electron chi connectivity index (χ0n) is 17.0.